The van der Waals surface area contributed by atoms with E-state index < -0.39 is 5.97 Å². The summed E-state index contributed by atoms with van der Waals surface area (Å²) in [5, 5.41) is 11.7. The average molecular weight is 209 g/mol. The van der Waals surface area contributed by atoms with Gasteiger partial charge in [0.25, 0.3) is 0 Å². The van der Waals surface area contributed by atoms with Crippen LogP contribution in [0, 0.1) is 5.82 Å². The summed E-state index contributed by atoms with van der Waals surface area (Å²) in [5.74, 6) is -1.03. The van der Waals surface area contributed by atoms with Gasteiger partial charge in [-0.05, 0) is 36.6 Å². The number of halogens is 1. The molecule has 0 aromatic heterocycles. The molecule has 1 aromatic carbocycles. The van der Waals surface area contributed by atoms with Gasteiger partial charge in [0, 0.05) is 18.2 Å². The normalized spacial score (nSPS) is 18.3. The number of nitrogens with one attached hydrogen (secondary N) is 1. The van der Waals surface area contributed by atoms with Crippen molar-refractivity contribution in [3.63, 3.8) is 0 Å². The molecule has 80 valence electrons. The number of benzene rings is 1. The third-order valence-electron chi connectivity index (χ3n) is 2.60. The first-order chi connectivity index (χ1) is 7.15. The lowest BCUT2D eigenvalue weighted by Crippen LogP contribution is -2.16. The predicted octanol–water partition coefficient (Wildman–Crippen LogP) is 2.03. The lowest BCUT2D eigenvalue weighted by atomic mass is 10.1. The van der Waals surface area contributed by atoms with E-state index in [1.54, 1.807) is 6.07 Å². The molecule has 0 saturated carbocycles. The zero-order valence-corrected chi connectivity index (χ0v) is 8.16. The van der Waals surface area contributed by atoms with Gasteiger partial charge in [-0.2, -0.15) is 0 Å². The van der Waals surface area contributed by atoms with Crippen LogP contribution in [0.4, 0.5) is 10.1 Å². The molecule has 1 heterocycles. The molecule has 0 bridgehead atoms. The molecular formula is C11H12FNO2. The van der Waals surface area contributed by atoms with Crippen molar-refractivity contribution in [2.75, 3.05) is 5.32 Å². The second-order valence-corrected chi connectivity index (χ2v) is 3.78. The molecule has 1 aromatic rings. The zero-order chi connectivity index (χ0) is 10.8. The molecule has 1 aliphatic rings. The van der Waals surface area contributed by atoms with Crippen LogP contribution in [0.15, 0.2) is 18.2 Å². The van der Waals surface area contributed by atoms with Gasteiger partial charge < -0.3 is 10.4 Å². The molecule has 1 atom stereocenters. The Hall–Kier alpha value is -1.58. The first-order valence-electron chi connectivity index (χ1n) is 4.92. The van der Waals surface area contributed by atoms with Crippen LogP contribution < -0.4 is 5.32 Å². The average Bonchev–Trinajstić information content (AvgIpc) is 2.56. The second kappa shape index (κ2) is 3.88. The fourth-order valence-corrected chi connectivity index (χ4v) is 1.88. The van der Waals surface area contributed by atoms with Crippen molar-refractivity contribution in [3.05, 3.63) is 29.6 Å². The first kappa shape index (κ1) is 9.96. The highest BCUT2D eigenvalue weighted by atomic mass is 19.1. The van der Waals surface area contributed by atoms with Crippen LogP contribution in [0.2, 0.25) is 0 Å². The van der Waals surface area contributed by atoms with E-state index in [1.165, 1.54) is 12.1 Å². The summed E-state index contributed by atoms with van der Waals surface area (Å²) >= 11 is 0. The van der Waals surface area contributed by atoms with Gasteiger partial charge in [-0.15, -0.1) is 0 Å². The lowest BCUT2D eigenvalue weighted by molar-refractivity contribution is -0.137. The van der Waals surface area contributed by atoms with Gasteiger partial charge in [0.15, 0.2) is 0 Å². The van der Waals surface area contributed by atoms with Crippen molar-refractivity contribution in [1.29, 1.82) is 0 Å². The Morgan fingerprint density at radius 1 is 1.60 bits per heavy atom. The third-order valence-corrected chi connectivity index (χ3v) is 2.60. The molecule has 0 radical (unpaired) electrons. The SMILES string of the molecule is O=C(O)CCC1Cc2cc(F)ccc2N1. The minimum Gasteiger partial charge on any atom is -0.481 e. The van der Waals surface area contributed by atoms with Crippen LogP contribution >= 0.6 is 0 Å². The molecule has 1 aliphatic heterocycles. The van der Waals surface area contributed by atoms with Gasteiger partial charge in [0.05, 0.1) is 0 Å². The largest absolute Gasteiger partial charge is 0.481 e. The number of anilines is 1. The number of hydrogen-bond donors (Lipinski definition) is 2. The van der Waals surface area contributed by atoms with Crippen LogP contribution in [-0.4, -0.2) is 17.1 Å². The van der Waals surface area contributed by atoms with Gasteiger partial charge in [0.2, 0.25) is 0 Å². The molecule has 0 spiro atoms. The maximum absolute atomic E-state index is 12.9. The maximum Gasteiger partial charge on any atom is 0.303 e. The quantitative estimate of drug-likeness (QED) is 0.800. The Morgan fingerprint density at radius 3 is 3.13 bits per heavy atom. The molecule has 0 saturated heterocycles. The van der Waals surface area contributed by atoms with E-state index in [-0.39, 0.29) is 18.3 Å². The standard InChI is InChI=1S/C11H12FNO2/c12-8-1-3-10-7(5-8)6-9(13-10)2-4-11(14)15/h1,3,5,9,13H,2,4,6H2,(H,14,15). The Balaban J connectivity index is 2.00. The van der Waals surface area contributed by atoms with Crippen molar-refractivity contribution >= 4 is 11.7 Å². The summed E-state index contributed by atoms with van der Waals surface area (Å²) in [7, 11) is 0. The first-order valence-corrected chi connectivity index (χ1v) is 4.92. The lowest BCUT2D eigenvalue weighted by Gasteiger charge is -2.08. The van der Waals surface area contributed by atoms with Gasteiger partial charge in [-0.1, -0.05) is 0 Å². The fraction of sp³-hybridized carbons (Fsp3) is 0.364. The van der Waals surface area contributed by atoms with E-state index >= 15 is 0 Å². The van der Waals surface area contributed by atoms with Gasteiger partial charge in [0.1, 0.15) is 5.82 Å². The zero-order valence-electron chi connectivity index (χ0n) is 8.16. The molecule has 4 heteroatoms. The number of hydrogen-bond acceptors (Lipinski definition) is 2. The highest BCUT2D eigenvalue weighted by molar-refractivity contribution is 5.67. The number of carbonyl (C=O) groups is 1. The molecule has 1 unspecified atom stereocenters. The number of carboxylic acid groups (broad SMARTS) is 1. The summed E-state index contributed by atoms with van der Waals surface area (Å²) in [6.45, 7) is 0. The topological polar surface area (TPSA) is 49.3 Å². The fourth-order valence-electron chi connectivity index (χ4n) is 1.88. The number of carboxylic acids is 1. The summed E-state index contributed by atoms with van der Waals surface area (Å²) in [5.41, 5.74) is 1.86. The summed E-state index contributed by atoms with van der Waals surface area (Å²) < 4.78 is 12.9. The summed E-state index contributed by atoms with van der Waals surface area (Å²) in [6.07, 6.45) is 1.43. The highest BCUT2D eigenvalue weighted by Gasteiger charge is 2.21. The Morgan fingerprint density at radius 2 is 2.40 bits per heavy atom. The number of aliphatic carboxylic acids is 1. The van der Waals surface area contributed by atoms with E-state index in [0.717, 1.165) is 11.3 Å². The summed E-state index contributed by atoms with van der Waals surface area (Å²) in [4.78, 5) is 10.4. The van der Waals surface area contributed by atoms with E-state index in [0.29, 0.717) is 12.8 Å². The second-order valence-electron chi connectivity index (χ2n) is 3.78. The maximum atomic E-state index is 12.9. The minimum atomic E-state index is -0.793. The van der Waals surface area contributed by atoms with Gasteiger partial charge >= 0.3 is 5.97 Å². The molecule has 0 fully saturated rings. The van der Waals surface area contributed by atoms with Crippen molar-refractivity contribution in [2.24, 2.45) is 0 Å². The Bertz CT molecular complexity index is 392. The van der Waals surface area contributed by atoms with E-state index in [2.05, 4.69) is 5.32 Å². The van der Waals surface area contributed by atoms with Crippen LogP contribution in [0.25, 0.3) is 0 Å². The van der Waals surface area contributed by atoms with Gasteiger partial charge in [-0.25, -0.2) is 4.39 Å². The monoisotopic (exact) mass is 209 g/mol. The molecule has 15 heavy (non-hydrogen) atoms. The third kappa shape index (κ3) is 2.26. The number of rotatable bonds is 3. The molecular weight excluding hydrogens is 197 g/mol. The smallest absolute Gasteiger partial charge is 0.303 e. The Kier molecular flexibility index (Phi) is 2.58. The molecule has 3 nitrogen and oxygen atoms in total. The van der Waals surface area contributed by atoms with Crippen LogP contribution in [0.1, 0.15) is 18.4 Å². The van der Waals surface area contributed by atoms with Crippen molar-refractivity contribution < 1.29 is 14.3 Å². The molecule has 2 rings (SSSR count). The number of fused-ring (bicyclic) bond motifs is 1. The molecule has 2 N–H and O–H groups in total. The van der Waals surface area contributed by atoms with E-state index in [1.807, 2.05) is 0 Å². The Labute approximate surface area is 86.9 Å². The van der Waals surface area contributed by atoms with Crippen LogP contribution in [0.5, 0.6) is 0 Å². The summed E-state index contributed by atoms with van der Waals surface area (Å²) in [6, 6.07) is 4.73. The minimum absolute atomic E-state index is 0.123. The van der Waals surface area contributed by atoms with Crippen LogP contribution in [0.3, 0.4) is 0 Å². The van der Waals surface area contributed by atoms with Crippen molar-refractivity contribution in [3.8, 4) is 0 Å². The van der Waals surface area contributed by atoms with Crippen molar-refractivity contribution in [1.82, 2.24) is 0 Å². The van der Waals surface area contributed by atoms with Crippen LogP contribution in [-0.2, 0) is 11.2 Å². The van der Waals surface area contributed by atoms with Gasteiger partial charge in [-0.3, -0.25) is 4.79 Å². The van der Waals surface area contributed by atoms with E-state index in [4.69, 9.17) is 5.11 Å². The highest BCUT2D eigenvalue weighted by Crippen LogP contribution is 2.28. The predicted molar refractivity (Wildman–Crippen MR) is 54.4 cm³/mol. The molecule has 0 aliphatic carbocycles. The molecule has 0 amide bonds. The van der Waals surface area contributed by atoms with Crippen molar-refractivity contribution in [2.45, 2.75) is 25.3 Å². The van der Waals surface area contributed by atoms with E-state index in [9.17, 15) is 9.18 Å².